The van der Waals surface area contributed by atoms with Gasteiger partial charge in [-0.2, -0.15) is 0 Å². The Hall–Kier alpha value is -1.49. The van der Waals surface area contributed by atoms with Gasteiger partial charge in [0, 0.05) is 45.5 Å². The van der Waals surface area contributed by atoms with Gasteiger partial charge in [0.25, 0.3) is 0 Å². The lowest BCUT2D eigenvalue weighted by molar-refractivity contribution is -0.0833. The van der Waals surface area contributed by atoms with Crippen LogP contribution in [0.1, 0.15) is 6.92 Å². The summed E-state index contributed by atoms with van der Waals surface area (Å²) in [5.41, 5.74) is 0. The molecule has 2 aliphatic heterocycles. The Bertz CT molecular complexity index is 640. The standard InChI is InChI=1S/C19H30FN5O3.BrH/c1-15(13-26-2)23-19(22-12-16-14-27-10-11-28-16)25-8-6-24(7-9-25)18-17(20)4-3-5-21-18;/h3-5,15-16H,6-14H2,1-2H3,(H,22,23);1H. The maximum Gasteiger partial charge on any atom is 0.194 e. The number of nitrogens with zero attached hydrogens (tertiary/aromatic N) is 4. The zero-order valence-electron chi connectivity index (χ0n) is 17.1. The highest BCUT2D eigenvalue weighted by Gasteiger charge is 2.24. The molecule has 1 aromatic rings. The monoisotopic (exact) mass is 475 g/mol. The van der Waals surface area contributed by atoms with Crippen molar-refractivity contribution >= 4 is 28.8 Å². The third kappa shape index (κ3) is 7.06. The molecular weight excluding hydrogens is 445 g/mol. The van der Waals surface area contributed by atoms with Gasteiger partial charge in [0.1, 0.15) is 6.10 Å². The van der Waals surface area contributed by atoms with Crippen LogP contribution in [0.2, 0.25) is 0 Å². The summed E-state index contributed by atoms with van der Waals surface area (Å²) in [5.74, 6) is 0.945. The molecule has 3 heterocycles. The van der Waals surface area contributed by atoms with E-state index < -0.39 is 0 Å². The number of pyridine rings is 1. The number of hydrogen-bond acceptors (Lipinski definition) is 6. The molecule has 0 aliphatic carbocycles. The second-order valence-corrected chi connectivity index (χ2v) is 7.02. The van der Waals surface area contributed by atoms with Gasteiger partial charge in [0.05, 0.1) is 33.0 Å². The number of methoxy groups -OCH3 is 1. The molecule has 2 unspecified atom stereocenters. The molecule has 8 nitrogen and oxygen atoms in total. The van der Waals surface area contributed by atoms with E-state index in [-0.39, 0.29) is 34.9 Å². The molecule has 3 rings (SSSR count). The molecule has 2 saturated heterocycles. The Labute approximate surface area is 182 Å². The van der Waals surface area contributed by atoms with Crippen molar-refractivity contribution in [2.24, 2.45) is 4.99 Å². The number of nitrogens with one attached hydrogen (secondary N) is 1. The highest BCUT2D eigenvalue weighted by atomic mass is 79.9. The second kappa shape index (κ2) is 12.3. The van der Waals surface area contributed by atoms with Crippen molar-refractivity contribution in [3.8, 4) is 0 Å². The number of rotatable bonds is 6. The lowest BCUT2D eigenvalue weighted by Gasteiger charge is -2.38. The third-order valence-corrected chi connectivity index (χ3v) is 4.74. The van der Waals surface area contributed by atoms with Crippen LogP contribution >= 0.6 is 17.0 Å². The van der Waals surface area contributed by atoms with Crippen LogP contribution in [0.3, 0.4) is 0 Å². The number of aliphatic imine (C=N–C) groups is 1. The minimum Gasteiger partial charge on any atom is -0.383 e. The molecule has 0 amide bonds. The summed E-state index contributed by atoms with van der Waals surface area (Å²) in [6.45, 7) is 7.80. The average Bonchev–Trinajstić information content (AvgIpc) is 2.73. The summed E-state index contributed by atoms with van der Waals surface area (Å²) in [5, 5.41) is 3.44. The molecule has 0 radical (unpaired) electrons. The minimum atomic E-state index is -0.286. The summed E-state index contributed by atoms with van der Waals surface area (Å²) < 4.78 is 30.4. The fourth-order valence-corrected chi connectivity index (χ4v) is 3.32. The van der Waals surface area contributed by atoms with E-state index >= 15 is 0 Å². The normalized spacial score (nSPS) is 21.5. The fraction of sp³-hybridized carbons (Fsp3) is 0.684. The number of guanidine groups is 1. The Kier molecular flexibility index (Phi) is 10.1. The van der Waals surface area contributed by atoms with Gasteiger partial charge in [-0.15, -0.1) is 17.0 Å². The lowest BCUT2D eigenvalue weighted by Crippen LogP contribution is -2.55. The summed E-state index contributed by atoms with van der Waals surface area (Å²) in [4.78, 5) is 13.1. The highest BCUT2D eigenvalue weighted by Crippen LogP contribution is 2.17. The Morgan fingerprint density at radius 2 is 2.17 bits per heavy atom. The van der Waals surface area contributed by atoms with Gasteiger partial charge in [-0.25, -0.2) is 9.37 Å². The van der Waals surface area contributed by atoms with E-state index in [9.17, 15) is 4.39 Å². The summed E-state index contributed by atoms with van der Waals surface area (Å²) >= 11 is 0. The molecule has 10 heteroatoms. The SMILES string of the molecule is Br.COCC(C)NC(=NCC1COCCO1)N1CCN(c2ncccc2F)CC1. The lowest BCUT2D eigenvalue weighted by atomic mass is 10.3. The molecule has 2 fully saturated rings. The molecule has 29 heavy (non-hydrogen) atoms. The van der Waals surface area contributed by atoms with E-state index in [1.807, 2.05) is 4.90 Å². The van der Waals surface area contributed by atoms with Crippen molar-refractivity contribution in [3.63, 3.8) is 0 Å². The minimum absolute atomic E-state index is 0. The van der Waals surface area contributed by atoms with Crippen molar-refractivity contribution in [2.45, 2.75) is 19.1 Å². The maximum absolute atomic E-state index is 14.0. The van der Waals surface area contributed by atoms with Gasteiger partial charge in [-0.3, -0.25) is 4.99 Å². The summed E-state index contributed by atoms with van der Waals surface area (Å²) in [6, 6.07) is 3.18. The Morgan fingerprint density at radius 1 is 1.38 bits per heavy atom. The number of hydrogen-bond donors (Lipinski definition) is 1. The smallest absolute Gasteiger partial charge is 0.194 e. The van der Waals surface area contributed by atoms with Gasteiger partial charge in [-0.05, 0) is 19.1 Å². The van der Waals surface area contributed by atoms with Crippen LogP contribution in [0.25, 0.3) is 0 Å². The van der Waals surface area contributed by atoms with E-state index in [0.29, 0.717) is 51.9 Å². The molecular formula is C19H31BrFN5O3. The van der Waals surface area contributed by atoms with Gasteiger partial charge in [0.2, 0.25) is 0 Å². The van der Waals surface area contributed by atoms with E-state index in [0.717, 1.165) is 19.0 Å². The molecule has 2 aliphatic rings. The first-order chi connectivity index (χ1) is 13.7. The molecule has 1 aromatic heterocycles. The third-order valence-electron chi connectivity index (χ3n) is 4.74. The Morgan fingerprint density at radius 3 is 2.83 bits per heavy atom. The molecule has 2 atom stereocenters. The van der Waals surface area contributed by atoms with E-state index in [1.54, 1.807) is 19.4 Å². The fourth-order valence-electron chi connectivity index (χ4n) is 3.32. The first kappa shape index (κ1) is 23.8. The zero-order valence-corrected chi connectivity index (χ0v) is 18.8. The largest absolute Gasteiger partial charge is 0.383 e. The van der Waals surface area contributed by atoms with Crippen LogP contribution in [-0.2, 0) is 14.2 Å². The Balaban J connectivity index is 0.00000300. The predicted octanol–water partition coefficient (Wildman–Crippen LogP) is 1.32. The summed E-state index contributed by atoms with van der Waals surface area (Å²) in [7, 11) is 1.68. The summed E-state index contributed by atoms with van der Waals surface area (Å²) in [6.07, 6.45) is 1.60. The number of aromatic nitrogens is 1. The quantitative estimate of drug-likeness (QED) is 0.491. The topological polar surface area (TPSA) is 71.5 Å². The number of halogens is 2. The molecule has 0 saturated carbocycles. The van der Waals surface area contributed by atoms with Crippen LogP contribution in [0, 0.1) is 5.82 Å². The number of anilines is 1. The van der Waals surface area contributed by atoms with E-state index in [4.69, 9.17) is 19.2 Å². The molecule has 0 spiro atoms. The number of piperazine rings is 1. The average molecular weight is 476 g/mol. The molecule has 164 valence electrons. The van der Waals surface area contributed by atoms with Crippen molar-refractivity contribution < 1.29 is 18.6 Å². The zero-order chi connectivity index (χ0) is 19.8. The number of ether oxygens (including phenoxy) is 3. The van der Waals surface area contributed by atoms with Crippen molar-refractivity contribution in [3.05, 3.63) is 24.1 Å². The van der Waals surface area contributed by atoms with Crippen LogP contribution in [0.15, 0.2) is 23.3 Å². The van der Waals surface area contributed by atoms with Gasteiger partial charge in [0.15, 0.2) is 17.6 Å². The van der Waals surface area contributed by atoms with Crippen LogP contribution in [-0.4, -0.2) is 94.3 Å². The van der Waals surface area contributed by atoms with Gasteiger partial charge < -0.3 is 29.3 Å². The highest BCUT2D eigenvalue weighted by molar-refractivity contribution is 8.93. The molecule has 0 aromatic carbocycles. The van der Waals surface area contributed by atoms with Crippen molar-refractivity contribution in [1.29, 1.82) is 0 Å². The maximum atomic E-state index is 14.0. The van der Waals surface area contributed by atoms with Crippen LogP contribution in [0.4, 0.5) is 10.2 Å². The van der Waals surface area contributed by atoms with Crippen LogP contribution in [0.5, 0.6) is 0 Å². The van der Waals surface area contributed by atoms with Crippen LogP contribution < -0.4 is 10.2 Å². The van der Waals surface area contributed by atoms with E-state index in [2.05, 4.69) is 22.1 Å². The van der Waals surface area contributed by atoms with Crippen molar-refractivity contribution in [1.82, 2.24) is 15.2 Å². The molecule has 0 bridgehead atoms. The predicted molar refractivity (Wildman–Crippen MR) is 116 cm³/mol. The molecule has 1 N–H and O–H groups in total. The van der Waals surface area contributed by atoms with Gasteiger partial charge in [-0.1, -0.05) is 0 Å². The first-order valence-corrected chi connectivity index (χ1v) is 9.77. The van der Waals surface area contributed by atoms with E-state index in [1.165, 1.54) is 6.07 Å². The van der Waals surface area contributed by atoms with Gasteiger partial charge >= 0.3 is 0 Å². The second-order valence-electron chi connectivity index (χ2n) is 7.02. The van der Waals surface area contributed by atoms with Crippen molar-refractivity contribution in [2.75, 3.05) is 71.2 Å². The first-order valence-electron chi connectivity index (χ1n) is 9.77.